The number of H-pyrrole nitrogens is 1. The van der Waals surface area contributed by atoms with Crippen molar-refractivity contribution >= 4 is 0 Å². The van der Waals surface area contributed by atoms with E-state index in [4.69, 9.17) is 4.74 Å². The van der Waals surface area contributed by atoms with Gasteiger partial charge in [0.15, 0.2) is 0 Å². The van der Waals surface area contributed by atoms with Crippen molar-refractivity contribution in [3.05, 3.63) is 52.8 Å². The smallest absolute Gasteiger partial charge is 0.0626 e. The topological polar surface area (TPSA) is 41.2 Å². The molecule has 0 radical (unpaired) electrons. The molecule has 0 aliphatic carbocycles. The minimum Gasteiger partial charge on any atom is -0.380 e. The maximum absolute atomic E-state index is 5.76. The highest BCUT2D eigenvalue weighted by atomic mass is 16.5. The molecule has 1 saturated heterocycles. The molecule has 4 nitrogen and oxygen atoms in total. The van der Waals surface area contributed by atoms with Crippen LogP contribution in [0.3, 0.4) is 0 Å². The van der Waals surface area contributed by atoms with Crippen molar-refractivity contribution in [2.45, 2.75) is 32.1 Å². The lowest BCUT2D eigenvalue weighted by atomic mass is 9.79. The number of nitrogens with one attached hydrogen (secondary N) is 1. The van der Waals surface area contributed by atoms with E-state index >= 15 is 0 Å². The van der Waals surface area contributed by atoms with Crippen molar-refractivity contribution in [1.29, 1.82) is 0 Å². The molecule has 1 unspecified atom stereocenters. The van der Waals surface area contributed by atoms with Gasteiger partial charge in [-0.25, -0.2) is 0 Å². The number of nitrogens with zero attached hydrogens (tertiary/aromatic N) is 2. The molecule has 0 bridgehead atoms. The van der Waals surface area contributed by atoms with Gasteiger partial charge in [-0.2, -0.15) is 5.10 Å². The molecule has 1 aliphatic rings. The normalized spacial score (nSPS) is 21.2. The quantitative estimate of drug-likeness (QED) is 0.891. The molecule has 1 fully saturated rings. The van der Waals surface area contributed by atoms with E-state index in [1.54, 1.807) is 0 Å². The molecule has 1 aliphatic heterocycles. The number of likely N-dealkylation sites (N-methyl/N-ethyl adjacent to an activating group) is 1. The Labute approximate surface area is 138 Å². The second kappa shape index (κ2) is 6.85. The Kier molecular flexibility index (Phi) is 4.83. The highest BCUT2D eigenvalue weighted by Gasteiger charge is 2.37. The van der Waals surface area contributed by atoms with Crippen molar-refractivity contribution in [2.75, 3.05) is 33.4 Å². The first kappa shape index (κ1) is 16.2. The van der Waals surface area contributed by atoms with Gasteiger partial charge in [0.25, 0.3) is 0 Å². The van der Waals surface area contributed by atoms with Crippen LogP contribution in [0.15, 0.2) is 30.3 Å². The fourth-order valence-corrected chi connectivity index (χ4v) is 3.68. The molecule has 1 aromatic heterocycles. The lowest BCUT2D eigenvalue weighted by Gasteiger charge is -2.33. The number of hydrogen-bond acceptors (Lipinski definition) is 3. The van der Waals surface area contributed by atoms with Crippen molar-refractivity contribution in [1.82, 2.24) is 15.1 Å². The first-order valence-corrected chi connectivity index (χ1v) is 8.43. The molecule has 0 saturated carbocycles. The number of benzene rings is 1. The van der Waals surface area contributed by atoms with Gasteiger partial charge < -0.3 is 9.64 Å². The van der Waals surface area contributed by atoms with Gasteiger partial charge in [-0.15, -0.1) is 0 Å². The number of hydrogen-bond donors (Lipinski definition) is 1. The summed E-state index contributed by atoms with van der Waals surface area (Å²) in [6.45, 7) is 7.94. The van der Waals surface area contributed by atoms with E-state index < -0.39 is 0 Å². The van der Waals surface area contributed by atoms with Crippen LogP contribution in [-0.4, -0.2) is 48.4 Å². The van der Waals surface area contributed by atoms with E-state index in [-0.39, 0.29) is 5.41 Å². The summed E-state index contributed by atoms with van der Waals surface area (Å²) in [6, 6.07) is 10.8. The Balaban J connectivity index is 1.66. The third kappa shape index (κ3) is 3.48. The maximum atomic E-state index is 5.76. The van der Waals surface area contributed by atoms with Gasteiger partial charge in [-0.05, 0) is 44.9 Å². The van der Waals surface area contributed by atoms with Crippen LogP contribution in [-0.2, 0) is 16.6 Å². The molecular formula is C19H27N3O. The minimum atomic E-state index is 0.135. The monoisotopic (exact) mass is 313 g/mol. The van der Waals surface area contributed by atoms with Crippen molar-refractivity contribution in [3.8, 4) is 0 Å². The average molecular weight is 313 g/mol. The Hall–Kier alpha value is -1.65. The predicted molar refractivity (Wildman–Crippen MR) is 92.8 cm³/mol. The van der Waals surface area contributed by atoms with Gasteiger partial charge in [0.05, 0.1) is 12.3 Å². The SMILES string of the molecule is Cc1n[nH]c(C)c1CCN(C)CC1(c2ccccc2)CCOC1. The fourth-order valence-electron chi connectivity index (χ4n) is 3.68. The van der Waals surface area contributed by atoms with Crippen LogP contribution >= 0.6 is 0 Å². The van der Waals surface area contributed by atoms with Crippen molar-refractivity contribution < 1.29 is 4.74 Å². The summed E-state index contributed by atoms with van der Waals surface area (Å²) in [5, 5.41) is 7.37. The molecular weight excluding hydrogens is 286 g/mol. The van der Waals surface area contributed by atoms with E-state index in [0.29, 0.717) is 0 Å². The number of ether oxygens (including phenoxy) is 1. The molecule has 2 aromatic rings. The van der Waals surface area contributed by atoms with E-state index in [2.05, 4.69) is 66.3 Å². The zero-order valence-electron chi connectivity index (χ0n) is 14.4. The highest BCUT2D eigenvalue weighted by molar-refractivity contribution is 5.27. The van der Waals surface area contributed by atoms with E-state index in [9.17, 15) is 0 Å². The summed E-state index contributed by atoms with van der Waals surface area (Å²) in [7, 11) is 2.22. The maximum Gasteiger partial charge on any atom is 0.0626 e. The largest absolute Gasteiger partial charge is 0.380 e. The van der Waals surface area contributed by atoms with Crippen molar-refractivity contribution in [2.24, 2.45) is 0 Å². The molecule has 3 rings (SSSR count). The van der Waals surface area contributed by atoms with Crippen LogP contribution in [0.1, 0.15) is 28.9 Å². The average Bonchev–Trinajstić information content (AvgIpc) is 3.15. The summed E-state index contributed by atoms with van der Waals surface area (Å²) < 4.78 is 5.76. The first-order chi connectivity index (χ1) is 11.1. The van der Waals surface area contributed by atoms with Gasteiger partial charge in [0.1, 0.15) is 0 Å². The summed E-state index contributed by atoms with van der Waals surface area (Å²) in [6.07, 6.45) is 2.14. The number of aryl methyl sites for hydroxylation is 2. The van der Waals surface area contributed by atoms with E-state index in [0.717, 1.165) is 44.8 Å². The number of rotatable bonds is 6. The third-order valence-electron chi connectivity index (χ3n) is 5.09. The number of aromatic nitrogens is 2. The van der Waals surface area contributed by atoms with Crippen LogP contribution in [0.4, 0.5) is 0 Å². The Morgan fingerprint density at radius 1 is 1.26 bits per heavy atom. The molecule has 124 valence electrons. The highest BCUT2D eigenvalue weighted by Crippen LogP contribution is 2.33. The predicted octanol–water partition coefficient (Wildman–Crippen LogP) is 2.86. The van der Waals surface area contributed by atoms with Gasteiger partial charge in [0.2, 0.25) is 0 Å². The molecule has 0 spiro atoms. The third-order valence-corrected chi connectivity index (χ3v) is 5.09. The van der Waals surface area contributed by atoms with E-state index in [1.165, 1.54) is 16.8 Å². The van der Waals surface area contributed by atoms with Crippen LogP contribution < -0.4 is 0 Å². The van der Waals surface area contributed by atoms with E-state index in [1.807, 2.05) is 0 Å². The molecule has 1 atom stereocenters. The van der Waals surface area contributed by atoms with Crippen LogP contribution in [0, 0.1) is 13.8 Å². The summed E-state index contributed by atoms with van der Waals surface area (Å²) in [4.78, 5) is 2.44. The molecule has 4 heteroatoms. The summed E-state index contributed by atoms with van der Waals surface area (Å²) in [5.41, 5.74) is 5.21. The van der Waals surface area contributed by atoms with Crippen LogP contribution in [0.5, 0.6) is 0 Å². The van der Waals surface area contributed by atoms with Gasteiger partial charge >= 0.3 is 0 Å². The molecule has 23 heavy (non-hydrogen) atoms. The lowest BCUT2D eigenvalue weighted by molar-refractivity contribution is 0.159. The fraction of sp³-hybridized carbons (Fsp3) is 0.526. The zero-order chi connectivity index (χ0) is 16.3. The zero-order valence-corrected chi connectivity index (χ0v) is 14.4. The van der Waals surface area contributed by atoms with Gasteiger partial charge in [-0.3, -0.25) is 5.10 Å². The Morgan fingerprint density at radius 2 is 2.04 bits per heavy atom. The standard InChI is InChI=1S/C19H27N3O/c1-15-18(16(2)21-20-15)9-11-22(3)13-19(10-12-23-14-19)17-7-5-4-6-8-17/h4-8H,9-14H2,1-3H3,(H,20,21). The van der Waals surface area contributed by atoms with Gasteiger partial charge in [-0.1, -0.05) is 30.3 Å². The molecule has 2 heterocycles. The van der Waals surface area contributed by atoms with Crippen LogP contribution in [0.25, 0.3) is 0 Å². The molecule has 1 N–H and O–H groups in total. The summed E-state index contributed by atoms with van der Waals surface area (Å²) in [5.74, 6) is 0. The van der Waals surface area contributed by atoms with Crippen LogP contribution in [0.2, 0.25) is 0 Å². The second-order valence-electron chi connectivity index (χ2n) is 6.85. The Morgan fingerprint density at radius 3 is 2.65 bits per heavy atom. The van der Waals surface area contributed by atoms with Gasteiger partial charge in [0, 0.05) is 30.8 Å². The summed E-state index contributed by atoms with van der Waals surface area (Å²) >= 11 is 0. The number of aromatic amines is 1. The first-order valence-electron chi connectivity index (χ1n) is 8.43. The second-order valence-corrected chi connectivity index (χ2v) is 6.85. The lowest BCUT2D eigenvalue weighted by Crippen LogP contribution is -2.40. The minimum absolute atomic E-state index is 0.135. The molecule has 0 amide bonds. The molecule has 1 aromatic carbocycles. The van der Waals surface area contributed by atoms with Crippen molar-refractivity contribution in [3.63, 3.8) is 0 Å². The Bertz CT molecular complexity index is 610.